The molecule has 0 aliphatic carbocycles. The van der Waals surface area contributed by atoms with Gasteiger partial charge in [-0.25, -0.2) is 10.4 Å². The molecule has 3 N–H and O–H groups in total. The van der Waals surface area contributed by atoms with E-state index in [2.05, 4.69) is 33.0 Å². The third-order valence-corrected chi connectivity index (χ3v) is 8.33. The van der Waals surface area contributed by atoms with Crippen molar-refractivity contribution in [2.45, 2.75) is 57.4 Å². The van der Waals surface area contributed by atoms with Crippen LogP contribution in [0, 0.1) is 0 Å². The number of nitrogens with zero attached hydrogens (tertiary/aromatic N) is 4. The Bertz CT molecular complexity index is 1760. The number of carbonyl (C=O) groups is 1. The first-order valence-electron chi connectivity index (χ1n) is 16.9. The molecule has 4 aromatic rings. The van der Waals surface area contributed by atoms with Gasteiger partial charge in [0, 0.05) is 43.1 Å². The Morgan fingerprint density at radius 3 is 2.30 bits per heavy atom. The van der Waals surface area contributed by atoms with E-state index >= 15 is 0 Å². The minimum Gasteiger partial charge on any atom is -0.494 e. The number of hydrazine groups is 1. The third kappa shape index (κ3) is 9.28. The van der Waals surface area contributed by atoms with Gasteiger partial charge < -0.3 is 19.3 Å². The first-order chi connectivity index (χ1) is 24.4. The summed E-state index contributed by atoms with van der Waals surface area (Å²) in [5.74, 6) is 0.601. The van der Waals surface area contributed by atoms with Crippen LogP contribution in [0.25, 0.3) is 21.6 Å². The molecular weight excluding hydrogens is 632 g/mol. The molecule has 0 saturated heterocycles. The fraction of sp³-hybridized carbons (Fsp3) is 0.333. The zero-order valence-electron chi connectivity index (χ0n) is 28.5. The predicted octanol–water partition coefficient (Wildman–Crippen LogP) is 6.86. The fourth-order valence-corrected chi connectivity index (χ4v) is 5.78. The normalized spacial score (nSPS) is 16.7. The highest BCUT2D eigenvalue weighted by molar-refractivity contribution is 6.01. The van der Waals surface area contributed by atoms with Gasteiger partial charge in [0.05, 0.1) is 19.3 Å². The molecule has 0 bridgehead atoms. The van der Waals surface area contributed by atoms with Crippen LogP contribution in [0.2, 0.25) is 0 Å². The lowest BCUT2D eigenvalue weighted by atomic mass is 9.80. The van der Waals surface area contributed by atoms with Gasteiger partial charge in [-0.1, -0.05) is 84.0 Å². The lowest BCUT2D eigenvalue weighted by Gasteiger charge is -2.31. The number of nitrogens with one attached hydrogen (secondary N) is 2. The van der Waals surface area contributed by atoms with Gasteiger partial charge in [-0.2, -0.15) is 0 Å². The maximum Gasteiger partial charge on any atom is 0.266 e. The van der Waals surface area contributed by atoms with Crippen molar-refractivity contribution in [1.29, 1.82) is 0 Å². The Hall–Kier alpha value is -5.19. The minimum atomic E-state index is -1.45. The molecule has 50 heavy (non-hydrogen) atoms. The van der Waals surface area contributed by atoms with E-state index in [4.69, 9.17) is 29.8 Å². The second-order valence-electron chi connectivity index (χ2n) is 12.3. The molecule has 2 atom stereocenters. The van der Waals surface area contributed by atoms with Crippen molar-refractivity contribution in [3.63, 3.8) is 0 Å². The molecule has 11 nitrogen and oxygen atoms in total. The van der Waals surface area contributed by atoms with Crippen molar-refractivity contribution >= 4 is 11.8 Å². The number of amides is 1. The zero-order valence-corrected chi connectivity index (χ0v) is 28.5. The van der Waals surface area contributed by atoms with Crippen molar-refractivity contribution in [2.75, 3.05) is 26.4 Å². The highest BCUT2D eigenvalue weighted by Crippen LogP contribution is 2.43. The summed E-state index contributed by atoms with van der Waals surface area (Å²) in [5, 5.41) is 12.9. The zero-order chi connectivity index (χ0) is 35.2. The molecule has 4 aromatic carbocycles. The largest absolute Gasteiger partial charge is 0.494 e. The van der Waals surface area contributed by atoms with Crippen LogP contribution in [0.4, 0.5) is 0 Å². The monoisotopic (exact) mass is 676 g/mol. The van der Waals surface area contributed by atoms with Crippen LogP contribution in [0.5, 0.6) is 5.75 Å². The van der Waals surface area contributed by atoms with Crippen molar-refractivity contribution in [3.8, 4) is 16.9 Å². The summed E-state index contributed by atoms with van der Waals surface area (Å²) >= 11 is 0. The Morgan fingerprint density at radius 1 is 0.920 bits per heavy atom. The number of aliphatic imine (C=N–C) groups is 1. The number of hydrogen-bond acceptors (Lipinski definition) is 8. The quantitative estimate of drug-likeness (QED) is 0.0345. The van der Waals surface area contributed by atoms with Gasteiger partial charge in [-0.3, -0.25) is 10.2 Å². The Balaban J connectivity index is 1.54. The molecule has 0 aromatic heterocycles. The van der Waals surface area contributed by atoms with Crippen LogP contribution in [-0.4, -0.2) is 54.9 Å². The van der Waals surface area contributed by atoms with Gasteiger partial charge in [-0.05, 0) is 77.9 Å². The standard InChI is InChI=1S/C39H44N6O5/c1-28(2)48-24-8-22-41-44-38(47)39(26-33-12-6-7-13-34(33)27-42-45-40)36(31-16-14-30(15-17-31)29-10-4-3-5-11-29)50-37(43-39)32-18-20-35(21-19-32)49-25-9-23-46/h3-7,10-21,28,36,41,46H,8-9,22-27H2,1-2H3,(H,44,47)/t36-,39-/m0/s1. The van der Waals surface area contributed by atoms with Crippen LogP contribution in [0.15, 0.2) is 113 Å². The molecule has 0 fully saturated rings. The number of carbonyl (C=O) groups excluding carboxylic acids is 1. The number of ether oxygens (including phenoxy) is 3. The van der Waals surface area contributed by atoms with E-state index < -0.39 is 11.6 Å². The molecule has 0 saturated carbocycles. The summed E-state index contributed by atoms with van der Waals surface area (Å²) in [6.07, 6.45) is 0.714. The van der Waals surface area contributed by atoms with E-state index in [1.165, 1.54) is 0 Å². The summed E-state index contributed by atoms with van der Waals surface area (Å²) < 4.78 is 18.1. The second-order valence-corrected chi connectivity index (χ2v) is 12.3. The predicted molar refractivity (Wildman–Crippen MR) is 193 cm³/mol. The summed E-state index contributed by atoms with van der Waals surface area (Å²) in [7, 11) is 0. The van der Waals surface area contributed by atoms with E-state index in [-0.39, 0.29) is 31.6 Å². The second kappa shape index (κ2) is 18.0. The molecule has 1 aliphatic heterocycles. The average Bonchev–Trinajstić information content (AvgIpc) is 3.53. The molecule has 1 heterocycles. The number of aliphatic hydroxyl groups is 1. The van der Waals surface area contributed by atoms with Gasteiger partial charge in [0.25, 0.3) is 5.91 Å². The third-order valence-electron chi connectivity index (χ3n) is 8.33. The smallest absolute Gasteiger partial charge is 0.266 e. The van der Waals surface area contributed by atoms with E-state index in [1.807, 2.05) is 105 Å². The fourth-order valence-electron chi connectivity index (χ4n) is 5.78. The molecule has 0 radical (unpaired) electrons. The maximum absolute atomic E-state index is 14.6. The first-order valence-corrected chi connectivity index (χ1v) is 16.9. The van der Waals surface area contributed by atoms with Crippen molar-refractivity contribution < 1.29 is 24.1 Å². The molecule has 0 unspecified atom stereocenters. The summed E-state index contributed by atoms with van der Waals surface area (Å²) in [5.41, 5.74) is 18.8. The topological polar surface area (TPSA) is 150 Å². The first kappa shape index (κ1) is 36.1. The van der Waals surface area contributed by atoms with Crippen molar-refractivity contribution in [1.82, 2.24) is 10.9 Å². The molecular formula is C39H44N6O5. The van der Waals surface area contributed by atoms with Crippen LogP contribution in [0.3, 0.4) is 0 Å². The SMILES string of the molecule is CC(C)OCCCNNC(=O)[C@@]1(Cc2ccccc2CN=[N+]=[N-])N=C(c2ccc(OCCCO)cc2)O[C@H]1c1ccc(-c2ccccc2)cc1. The van der Waals surface area contributed by atoms with Gasteiger partial charge in [0.1, 0.15) is 5.75 Å². The minimum absolute atomic E-state index is 0.0488. The van der Waals surface area contributed by atoms with Crippen LogP contribution in [0.1, 0.15) is 55.0 Å². The van der Waals surface area contributed by atoms with Crippen LogP contribution in [-0.2, 0) is 27.2 Å². The van der Waals surface area contributed by atoms with Gasteiger partial charge in [-0.15, -0.1) is 0 Å². The number of hydrogen-bond donors (Lipinski definition) is 3. The Morgan fingerprint density at radius 2 is 1.60 bits per heavy atom. The van der Waals surface area contributed by atoms with E-state index in [9.17, 15) is 4.79 Å². The Labute approximate surface area is 292 Å². The molecule has 1 aliphatic rings. The highest BCUT2D eigenvalue weighted by Gasteiger charge is 2.53. The number of benzene rings is 4. The highest BCUT2D eigenvalue weighted by atomic mass is 16.5. The van der Waals surface area contributed by atoms with Crippen LogP contribution < -0.4 is 15.6 Å². The molecule has 5 rings (SSSR count). The van der Waals surface area contributed by atoms with Gasteiger partial charge in [0.15, 0.2) is 11.6 Å². The van der Waals surface area contributed by atoms with E-state index in [1.54, 1.807) is 0 Å². The number of azide groups is 1. The van der Waals surface area contributed by atoms with E-state index in [0.717, 1.165) is 27.8 Å². The lowest BCUT2D eigenvalue weighted by molar-refractivity contribution is -0.130. The number of aliphatic hydroxyl groups excluding tert-OH is 1. The lowest BCUT2D eigenvalue weighted by Crippen LogP contribution is -2.54. The molecule has 1 amide bonds. The van der Waals surface area contributed by atoms with Gasteiger partial charge >= 0.3 is 0 Å². The van der Waals surface area contributed by atoms with Crippen LogP contribution >= 0.6 is 0 Å². The average molecular weight is 677 g/mol. The molecule has 260 valence electrons. The maximum atomic E-state index is 14.6. The van der Waals surface area contributed by atoms with Gasteiger partial charge in [0.2, 0.25) is 5.90 Å². The van der Waals surface area contributed by atoms with Crippen molar-refractivity contribution in [3.05, 3.63) is 136 Å². The van der Waals surface area contributed by atoms with Crippen molar-refractivity contribution in [2.24, 2.45) is 10.1 Å². The summed E-state index contributed by atoms with van der Waals surface area (Å²) in [6, 6.07) is 33.0. The summed E-state index contributed by atoms with van der Waals surface area (Å²) in [6.45, 7) is 5.59. The molecule has 11 heteroatoms. The Kier molecular flexibility index (Phi) is 13.0. The van der Waals surface area contributed by atoms with E-state index in [0.29, 0.717) is 49.8 Å². The number of rotatable bonds is 18. The molecule has 0 spiro atoms. The summed E-state index contributed by atoms with van der Waals surface area (Å²) in [4.78, 5) is 22.7.